The second-order valence-corrected chi connectivity index (χ2v) is 5.37. The van der Waals surface area contributed by atoms with Crippen LogP contribution in [0.15, 0.2) is 0 Å². The van der Waals surface area contributed by atoms with E-state index in [-0.39, 0.29) is 19.6 Å². The Morgan fingerprint density at radius 3 is 2.50 bits per heavy atom. The number of rotatable bonds is 2. The second-order valence-electron chi connectivity index (χ2n) is 5.37. The zero-order valence-electron chi connectivity index (χ0n) is 11.4. The predicted molar refractivity (Wildman–Crippen MR) is 64.4 cm³/mol. The van der Waals surface area contributed by atoms with Crippen molar-refractivity contribution in [3.8, 4) is 0 Å². The van der Waals surface area contributed by atoms with Crippen LogP contribution in [0.1, 0.15) is 34.1 Å². The molecule has 6 heteroatoms. The first-order valence-electron chi connectivity index (χ1n) is 6.05. The van der Waals surface area contributed by atoms with Crippen LogP contribution < -0.4 is 0 Å². The van der Waals surface area contributed by atoms with Crippen molar-refractivity contribution >= 4 is 12.1 Å². The van der Waals surface area contributed by atoms with Gasteiger partial charge in [-0.2, -0.15) is 0 Å². The third kappa shape index (κ3) is 2.93. The molecule has 1 amide bonds. The largest absolute Gasteiger partial charge is 0.479 e. The Morgan fingerprint density at radius 1 is 1.44 bits per heavy atom. The molecule has 1 unspecified atom stereocenters. The van der Waals surface area contributed by atoms with Gasteiger partial charge in [0.15, 0.2) is 5.54 Å². The molecule has 0 radical (unpaired) electrons. The van der Waals surface area contributed by atoms with E-state index < -0.39 is 23.2 Å². The minimum absolute atomic E-state index is 0.00191. The summed E-state index contributed by atoms with van der Waals surface area (Å²) in [4.78, 5) is 24.8. The smallest absolute Gasteiger partial charge is 0.411 e. The van der Waals surface area contributed by atoms with Crippen molar-refractivity contribution in [2.75, 3.05) is 19.8 Å². The van der Waals surface area contributed by atoms with E-state index in [9.17, 15) is 14.7 Å². The van der Waals surface area contributed by atoms with Crippen molar-refractivity contribution in [3.05, 3.63) is 0 Å². The van der Waals surface area contributed by atoms with Gasteiger partial charge in [-0.3, -0.25) is 4.90 Å². The highest BCUT2D eigenvalue weighted by Crippen LogP contribution is 2.26. The van der Waals surface area contributed by atoms with Crippen LogP contribution >= 0.6 is 0 Å². The van der Waals surface area contributed by atoms with Crippen LogP contribution in [0.4, 0.5) is 4.79 Å². The summed E-state index contributed by atoms with van der Waals surface area (Å²) in [6.45, 7) is 7.53. The number of amides is 1. The van der Waals surface area contributed by atoms with E-state index in [1.165, 1.54) is 4.90 Å². The fourth-order valence-corrected chi connectivity index (χ4v) is 1.89. The third-order valence-corrected chi connectivity index (χ3v) is 2.91. The maximum atomic E-state index is 12.1. The molecule has 1 saturated heterocycles. The summed E-state index contributed by atoms with van der Waals surface area (Å²) in [6, 6.07) is 0. The molecule has 6 nitrogen and oxygen atoms in total. The molecule has 18 heavy (non-hydrogen) atoms. The molecule has 0 aromatic heterocycles. The summed E-state index contributed by atoms with van der Waals surface area (Å²) in [5.41, 5.74) is -1.96. The molecule has 1 aliphatic heterocycles. The molecule has 0 spiro atoms. The van der Waals surface area contributed by atoms with E-state index in [2.05, 4.69) is 0 Å². The first kappa shape index (κ1) is 14.8. The van der Waals surface area contributed by atoms with Crippen LogP contribution in [-0.2, 0) is 14.3 Å². The van der Waals surface area contributed by atoms with Crippen molar-refractivity contribution < 1.29 is 24.2 Å². The van der Waals surface area contributed by atoms with Crippen LogP contribution in [-0.4, -0.2) is 53.0 Å². The van der Waals surface area contributed by atoms with E-state index in [1.807, 2.05) is 0 Å². The van der Waals surface area contributed by atoms with Crippen molar-refractivity contribution in [2.45, 2.75) is 45.3 Å². The molecule has 0 aliphatic carbocycles. The van der Waals surface area contributed by atoms with Gasteiger partial charge in [-0.05, 0) is 27.2 Å². The monoisotopic (exact) mass is 259 g/mol. The number of aliphatic carboxylic acids is 1. The van der Waals surface area contributed by atoms with Crippen LogP contribution in [0.25, 0.3) is 0 Å². The molecular weight excluding hydrogens is 238 g/mol. The molecule has 0 saturated carbocycles. The van der Waals surface area contributed by atoms with Gasteiger partial charge in [-0.25, -0.2) is 9.59 Å². The molecule has 0 aromatic rings. The fraction of sp³-hybridized carbons (Fsp3) is 0.833. The number of nitrogens with zero attached hydrogens (tertiary/aromatic N) is 1. The lowest BCUT2D eigenvalue weighted by molar-refractivity contribution is -0.163. The van der Waals surface area contributed by atoms with Crippen molar-refractivity contribution in [1.82, 2.24) is 4.90 Å². The molecule has 0 bridgehead atoms. The molecule has 1 heterocycles. The summed E-state index contributed by atoms with van der Waals surface area (Å²) >= 11 is 0. The maximum Gasteiger partial charge on any atom is 0.411 e. The van der Waals surface area contributed by atoms with Gasteiger partial charge >= 0.3 is 12.1 Å². The molecule has 1 rings (SSSR count). The van der Waals surface area contributed by atoms with Gasteiger partial charge in [0.25, 0.3) is 0 Å². The average Bonchev–Trinajstić information content (AvgIpc) is 2.26. The van der Waals surface area contributed by atoms with Gasteiger partial charge in [-0.1, -0.05) is 6.92 Å². The van der Waals surface area contributed by atoms with Crippen LogP contribution in [0, 0.1) is 0 Å². The number of carboxylic acid groups (broad SMARTS) is 1. The Kier molecular flexibility index (Phi) is 4.21. The van der Waals surface area contributed by atoms with Gasteiger partial charge in [0, 0.05) is 6.54 Å². The van der Waals surface area contributed by atoms with Gasteiger partial charge < -0.3 is 14.6 Å². The van der Waals surface area contributed by atoms with Gasteiger partial charge in [0.2, 0.25) is 0 Å². The Balaban J connectivity index is 2.95. The van der Waals surface area contributed by atoms with E-state index in [0.717, 1.165) is 0 Å². The fourth-order valence-electron chi connectivity index (χ4n) is 1.89. The van der Waals surface area contributed by atoms with Crippen molar-refractivity contribution in [2.24, 2.45) is 0 Å². The molecule has 104 valence electrons. The standard InChI is InChI=1S/C12H21NO5/c1-5-12(9(14)15)8-17-7-6-13(12)10(16)18-11(2,3)4/h5-8H2,1-4H3,(H,14,15). The molecule has 1 aliphatic rings. The van der Waals surface area contributed by atoms with Gasteiger partial charge in [0.05, 0.1) is 13.2 Å². The van der Waals surface area contributed by atoms with E-state index >= 15 is 0 Å². The lowest BCUT2D eigenvalue weighted by Crippen LogP contribution is -2.63. The number of hydrogen-bond acceptors (Lipinski definition) is 4. The topological polar surface area (TPSA) is 76.1 Å². The van der Waals surface area contributed by atoms with E-state index in [1.54, 1.807) is 27.7 Å². The SMILES string of the molecule is CCC1(C(=O)O)COCCN1C(=O)OC(C)(C)C. The lowest BCUT2D eigenvalue weighted by atomic mass is 9.94. The van der Waals surface area contributed by atoms with E-state index in [4.69, 9.17) is 9.47 Å². The summed E-state index contributed by atoms with van der Waals surface area (Å²) in [5.74, 6) is -1.06. The third-order valence-electron chi connectivity index (χ3n) is 2.91. The summed E-state index contributed by atoms with van der Waals surface area (Å²) in [6.07, 6.45) is -0.322. The van der Waals surface area contributed by atoms with Gasteiger partial charge in [0.1, 0.15) is 5.60 Å². The van der Waals surface area contributed by atoms with Crippen molar-refractivity contribution in [1.29, 1.82) is 0 Å². The first-order valence-corrected chi connectivity index (χ1v) is 6.05. The number of carbonyl (C=O) groups is 2. The summed E-state index contributed by atoms with van der Waals surface area (Å²) in [7, 11) is 0. The summed E-state index contributed by atoms with van der Waals surface area (Å²) in [5, 5.41) is 9.38. The molecule has 1 atom stereocenters. The highest BCUT2D eigenvalue weighted by Gasteiger charge is 2.49. The Morgan fingerprint density at radius 2 is 2.06 bits per heavy atom. The molecule has 1 N–H and O–H groups in total. The quantitative estimate of drug-likeness (QED) is 0.813. The zero-order chi connectivity index (χ0) is 14.0. The van der Waals surface area contributed by atoms with Crippen molar-refractivity contribution in [3.63, 3.8) is 0 Å². The van der Waals surface area contributed by atoms with E-state index in [0.29, 0.717) is 6.61 Å². The number of hydrogen-bond donors (Lipinski definition) is 1. The average molecular weight is 259 g/mol. The Hall–Kier alpha value is -1.30. The number of carboxylic acids is 1. The summed E-state index contributed by atoms with van der Waals surface area (Å²) < 4.78 is 10.5. The second kappa shape index (κ2) is 5.14. The lowest BCUT2D eigenvalue weighted by Gasteiger charge is -2.43. The predicted octanol–water partition coefficient (Wildman–Crippen LogP) is 1.49. The normalized spacial score (nSPS) is 24.8. The minimum Gasteiger partial charge on any atom is -0.479 e. The number of morpholine rings is 1. The van der Waals surface area contributed by atoms with Crippen LogP contribution in [0.3, 0.4) is 0 Å². The maximum absolute atomic E-state index is 12.1. The zero-order valence-corrected chi connectivity index (χ0v) is 11.4. The van der Waals surface area contributed by atoms with Crippen LogP contribution in [0.5, 0.6) is 0 Å². The molecular formula is C12H21NO5. The molecule has 1 fully saturated rings. The highest BCUT2D eigenvalue weighted by atomic mass is 16.6. The Labute approximate surface area is 107 Å². The number of ether oxygens (including phenoxy) is 2. The van der Waals surface area contributed by atoms with Gasteiger partial charge in [-0.15, -0.1) is 0 Å². The highest BCUT2D eigenvalue weighted by molar-refractivity contribution is 5.85. The van der Waals surface area contributed by atoms with Crippen LogP contribution in [0.2, 0.25) is 0 Å². The minimum atomic E-state index is -1.32. The Bertz CT molecular complexity index is 336. The molecule has 0 aromatic carbocycles. The first-order chi connectivity index (χ1) is 8.23. The number of carbonyl (C=O) groups excluding carboxylic acids is 1.